The zero-order valence-corrected chi connectivity index (χ0v) is 15.4. The molecule has 2 aromatic carbocycles. The monoisotopic (exact) mass is 350 g/mol. The van der Waals surface area contributed by atoms with Crippen LogP contribution >= 0.6 is 0 Å². The molecule has 3 rings (SSSR count). The van der Waals surface area contributed by atoms with Gasteiger partial charge in [-0.05, 0) is 30.0 Å². The number of aromatic amines is 1. The summed E-state index contributed by atoms with van der Waals surface area (Å²) in [4.78, 5) is 17.9. The molecule has 136 valence electrons. The Morgan fingerprint density at radius 1 is 1.12 bits per heavy atom. The number of carbonyl (C=O) groups excluding carboxylic acids is 1. The highest BCUT2D eigenvalue weighted by Gasteiger charge is 2.20. The zero-order valence-electron chi connectivity index (χ0n) is 15.4. The van der Waals surface area contributed by atoms with Crippen molar-refractivity contribution in [3.63, 3.8) is 0 Å². The molecule has 0 radical (unpaired) electrons. The zero-order chi connectivity index (χ0) is 18.4. The van der Waals surface area contributed by atoms with E-state index in [1.165, 1.54) is 16.5 Å². The third kappa shape index (κ3) is 4.33. The van der Waals surface area contributed by atoms with Gasteiger partial charge in [-0.15, -0.1) is 0 Å². The fraction of sp³-hybridized carbons (Fsp3) is 0.318. The Hall–Kier alpha value is -2.59. The average Bonchev–Trinajstić information content (AvgIpc) is 3.09. The number of methoxy groups -OCH3 is 1. The SMILES string of the molecule is COC[C@H](Cc1ccccc1)N(C)C(=O)CCc1c[nH]c2ccccc12. The highest BCUT2D eigenvalue weighted by atomic mass is 16.5. The van der Waals surface area contributed by atoms with Crippen molar-refractivity contribution in [1.82, 2.24) is 9.88 Å². The number of nitrogens with zero attached hydrogens (tertiary/aromatic N) is 1. The second-order valence-corrected chi connectivity index (χ2v) is 6.66. The normalized spacial score (nSPS) is 12.2. The minimum absolute atomic E-state index is 0.0397. The molecule has 0 bridgehead atoms. The Kier molecular flexibility index (Phi) is 6.08. The Balaban J connectivity index is 1.63. The van der Waals surface area contributed by atoms with Crippen LogP contribution in [0, 0.1) is 0 Å². The number of ether oxygens (including phenoxy) is 1. The third-order valence-corrected chi connectivity index (χ3v) is 4.90. The van der Waals surface area contributed by atoms with E-state index >= 15 is 0 Å². The Labute approximate surface area is 154 Å². The second-order valence-electron chi connectivity index (χ2n) is 6.66. The predicted molar refractivity (Wildman–Crippen MR) is 105 cm³/mol. The number of likely N-dealkylation sites (N-methyl/N-ethyl adjacent to an activating group) is 1. The van der Waals surface area contributed by atoms with Crippen LogP contribution in [0.25, 0.3) is 10.9 Å². The lowest BCUT2D eigenvalue weighted by Gasteiger charge is -2.28. The van der Waals surface area contributed by atoms with E-state index in [9.17, 15) is 4.79 Å². The second kappa shape index (κ2) is 8.68. The van der Waals surface area contributed by atoms with E-state index in [0.29, 0.717) is 13.0 Å². The number of carbonyl (C=O) groups is 1. The molecule has 0 saturated carbocycles. The van der Waals surface area contributed by atoms with Crippen LogP contribution in [0.5, 0.6) is 0 Å². The molecule has 0 aliphatic heterocycles. The number of nitrogens with one attached hydrogen (secondary N) is 1. The minimum atomic E-state index is 0.0397. The summed E-state index contributed by atoms with van der Waals surface area (Å²) in [6.07, 6.45) is 4.03. The van der Waals surface area contributed by atoms with Gasteiger partial charge in [0.1, 0.15) is 0 Å². The molecule has 0 aliphatic rings. The first-order chi connectivity index (χ1) is 12.7. The van der Waals surface area contributed by atoms with Crippen LogP contribution < -0.4 is 0 Å². The number of H-pyrrole nitrogens is 1. The molecule has 1 atom stereocenters. The Bertz CT molecular complexity index is 841. The first-order valence-electron chi connectivity index (χ1n) is 9.02. The van der Waals surface area contributed by atoms with Gasteiger partial charge in [0.15, 0.2) is 0 Å². The summed E-state index contributed by atoms with van der Waals surface area (Å²) in [5.74, 6) is 0.147. The maximum Gasteiger partial charge on any atom is 0.222 e. The number of aryl methyl sites for hydroxylation is 1. The smallest absolute Gasteiger partial charge is 0.222 e. The number of hydrogen-bond donors (Lipinski definition) is 1. The number of benzene rings is 2. The number of fused-ring (bicyclic) bond motifs is 1. The number of aromatic nitrogens is 1. The summed E-state index contributed by atoms with van der Waals surface area (Å²) in [5.41, 5.74) is 3.52. The Morgan fingerprint density at radius 3 is 2.62 bits per heavy atom. The standard InChI is InChI=1S/C22H26N2O2/c1-24(19(16-26-2)14-17-8-4-3-5-9-17)22(25)13-12-18-15-23-21-11-7-6-10-20(18)21/h3-11,15,19,23H,12-14,16H2,1-2H3/t19-/m0/s1. The third-order valence-electron chi connectivity index (χ3n) is 4.90. The number of para-hydroxylation sites is 1. The molecule has 4 nitrogen and oxygen atoms in total. The highest BCUT2D eigenvalue weighted by Crippen LogP contribution is 2.19. The van der Waals surface area contributed by atoms with Gasteiger partial charge >= 0.3 is 0 Å². The number of amides is 1. The van der Waals surface area contributed by atoms with Gasteiger partial charge < -0.3 is 14.6 Å². The van der Waals surface area contributed by atoms with Gasteiger partial charge in [-0.1, -0.05) is 48.5 Å². The van der Waals surface area contributed by atoms with Gasteiger partial charge in [-0.3, -0.25) is 4.79 Å². The van der Waals surface area contributed by atoms with E-state index < -0.39 is 0 Å². The van der Waals surface area contributed by atoms with Crippen LogP contribution in [-0.4, -0.2) is 42.6 Å². The molecule has 0 fully saturated rings. The van der Waals surface area contributed by atoms with Gasteiger partial charge in [0.05, 0.1) is 12.6 Å². The van der Waals surface area contributed by atoms with E-state index in [0.717, 1.165) is 18.4 Å². The van der Waals surface area contributed by atoms with Gasteiger partial charge in [-0.2, -0.15) is 0 Å². The van der Waals surface area contributed by atoms with E-state index in [1.54, 1.807) is 7.11 Å². The van der Waals surface area contributed by atoms with Crippen molar-refractivity contribution in [3.8, 4) is 0 Å². The summed E-state index contributed by atoms with van der Waals surface area (Å²) in [6.45, 7) is 0.532. The van der Waals surface area contributed by atoms with Gasteiger partial charge in [0.25, 0.3) is 0 Å². The molecule has 1 aromatic heterocycles. The molecule has 1 N–H and O–H groups in total. The van der Waals surface area contributed by atoms with Crippen LogP contribution in [-0.2, 0) is 22.4 Å². The van der Waals surface area contributed by atoms with E-state index in [4.69, 9.17) is 4.74 Å². The molecule has 0 unspecified atom stereocenters. The molecular weight excluding hydrogens is 324 g/mol. The molecule has 0 aliphatic carbocycles. The minimum Gasteiger partial charge on any atom is -0.383 e. The van der Waals surface area contributed by atoms with Crippen LogP contribution in [0.4, 0.5) is 0 Å². The van der Waals surface area contributed by atoms with Crippen molar-refractivity contribution >= 4 is 16.8 Å². The molecule has 3 aromatic rings. The molecular formula is C22H26N2O2. The molecule has 0 spiro atoms. The van der Waals surface area contributed by atoms with Gasteiger partial charge in [0, 0.05) is 37.7 Å². The molecule has 0 saturated heterocycles. The summed E-state index contributed by atoms with van der Waals surface area (Å²) in [5, 5.41) is 1.20. The van der Waals surface area contributed by atoms with Crippen molar-refractivity contribution in [2.45, 2.75) is 25.3 Å². The van der Waals surface area contributed by atoms with E-state index in [2.05, 4.69) is 29.2 Å². The fourth-order valence-corrected chi connectivity index (χ4v) is 3.35. The lowest BCUT2D eigenvalue weighted by atomic mass is 10.0. The predicted octanol–water partition coefficient (Wildman–Crippen LogP) is 3.82. The first-order valence-corrected chi connectivity index (χ1v) is 9.02. The Morgan fingerprint density at radius 2 is 1.85 bits per heavy atom. The average molecular weight is 350 g/mol. The van der Waals surface area contributed by atoms with Crippen molar-refractivity contribution in [2.24, 2.45) is 0 Å². The summed E-state index contributed by atoms with van der Waals surface area (Å²) < 4.78 is 5.36. The fourth-order valence-electron chi connectivity index (χ4n) is 3.35. The number of hydrogen-bond acceptors (Lipinski definition) is 2. The maximum absolute atomic E-state index is 12.7. The van der Waals surface area contributed by atoms with Crippen LogP contribution in [0.1, 0.15) is 17.5 Å². The maximum atomic E-state index is 12.7. The van der Waals surface area contributed by atoms with Crippen molar-refractivity contribution < 1.29 is 9.53 Å². The topological polar surface area (TPSA) is 45.3 Å². The van der Waals surface area contributed by atoms with Crippen molar-refractivity contribution in [3.05, 3.63) is 71.9 Å². The first kappa shape index (κ1) is 18.2. The largest absolute Gasteiger partial charge is 0.383 e. The van der Waals surface area contributed by atoms with Crippen LogP contribution in [0.15, 0.2) is 60.8 Å². The lowest BCUT2D eigenvalue weighted by Crippen LogP contribution is -2.41. The van der Waals surface area contributed by atoms with E-state index in [-0.39, 0.29) is 11.9 Å². The quantitative estimate of drug-likeness (QED) is 0.671. The highest BCUT2D eigenvalue weighted by molar-refractivity contribution is 5.84. The van der Waals surface area contributed by atoms with E-state index in [1.807, 2.05) is 48.5 Å². The summed E-state index contributed by atoms with van der Waals surface area (Å²) in [6, 6.07) is 18.5. The molecule has 4 heteroatoms. The lowest BCUT2D eigenvalue weighted by molar-refractivity contribution is -0.132. The molecule has 1 heterocycles. The van der Waals surface area contributed by atoms with Gasteiger partial charge in [0.2, 0.25) is 5.91 Å². The van der Waals surface area contributed by atoms with Crippen molar-refractivity contribution in [2.75, 3.05) is 20.8 Å². The van der Waals surface area contributed by atoms with Crippen LogP contribution in [0.2, 0.25) is 0 Å². The summed E-state index contributed by atoms with van der Waals surface area (Å²) in [7, 11) is 3.56. The summed E-state index contributed by atoms with van der Waals surface area (Å²) >= 11 is 0. The van der Waals surface area contributed by atoms with Crippen molar-refractivity contribution in [1.29, 1.82) is 0 Å². The van der Waals surface area contributed by atoms with Gasteiger partial charge in [-0.25, -0.2) is 0 Å². The molecule has 1 amide bonds. The van der Waals surface area contributed by atoms with Crippen LogP contribution in [0.3, 0.4) is 0 Å². The number of rotatable bonds is 8. The molecule has 26 heavy (non-hydrogen) atoms.